The summed E-state index contributed by atoms with van der Waals surface area (Å²) in [5, 5.41) is 0. The lowest BCUT2D eigenvalue weighted by Gasteiger charge is -2.20. The third-order valence-corrected chi connectivity index (χ3v) is 3.14. The van der Waals surface area contributed by atoms with E-state index < -0.39 is 6.36 Å². The second-order valence-corrected chi connectivity index (χ2v) is 4.63. The molecule has 3 rings (SSSR count). The van der Waals surface area contributed by atoms with Crippen LogP contribution in [0.3, 0.4) is 0 Å². The molecule has 114 valence electrons. The highest BCUT2D eigenvalue weighted by Gasteiger charge is 2.31. The number of hydrogen-bond donors (Lipinski definition) is 0. The fourth-order valence-electron chi connectivity index (χ4n) is 2.20. The van der Waals surface area contributed by atoms with Gasteiger partial charge in [0.2, 0.25) is 0 Å². The van der Waals surface area contributed by atoms with Gasteiger partial charge in [-0.3, -0.25) is 0 Å². The minimum Gasteiger partial charge on any atom is -0.478 e. The van der Waals surface area contributed by atoms with E-state index in [0.29, 0.717) is 6.73 Å². The molecule has 0 spiro atoms. The normalized spacial score (nSPS) is 14.5. The molecule has 0 bridgehead atoms. The van der Waals surface area contributed by atoms with Gasteiger partial charge in [0.1, 0.15) is 12.0 Å². The van der Waals surface area contributed by atoms with Crippen molar-refractivity contribution in [3.05, 3.63) is 66.4 Å². The number of rotatable bonds is 3. The molecule has 2 aromatic carbocycles. The molecule has 1 aliphatic heterocycles. The molecular weight excluding hydrogens is 295 g/mol. The van der Waals surface area contributed by atoms with Crippen LogP contribution >= 0.6 is 0 Å². The summed E-state index contributed by atoms with van der Waals surface area (Å²) < 4.78 is 45.7. The summed E-state index contributed by atoms with van der Waals surface area (Å²) in [4.78, 5) is 1.93. The number of halogens is 3. The fraction of sp³-hybridized carbons (Fsp3) is 0.125. The third-order valence-electron chi connectivity index (χ3n) is 3.14. The summed E-state index contributed by atoms with van der Waals surface area (Å²) in [7, 11) is 0. The van der Waals surface area contributed by atoms with E-state index in [9.17, 15) is 13.2 Å². The Hall–Kier alpha value is -2.63. The Morgan fingerprint density at radius 1 is 0.955 bits per heavy atom. The van der Waals surface area contributed by atoms with Gasteiger partial charge in [0.25, 0.3) is 0 Å². The smallest absolute Gasteiger partial charge is 0.478 e. The summed E-state index contributed by atoms with van der Waals surface area (Å²) >= 11 is 0. The average Bonchev–Trinajstić information content (AvgIpc) is 2.97. The standard InChI is InChI=1S/C16H12F3NO2/c17-16(18,19)22-14-8-6-12(7-9-14)15-10-21-11-20(15)13-4-2-1-3-5-13/h1-10H,11H2. The van der Waals surface area contributed by atoms with E-state index in [2.05, 4.69) is 4.74 Å². The van der Waals surface area contributed by atoms with Crippen LogP contribution in [-0.4, -0.2) is 13.1 Å². The van der Waals surface area contributed by atoms with E-state index >= 15 is 0 Å². The number of alkyl halides is 3. The zero-order valence-corrected chi connectivity index (χ0v) is 11.4. The molecule has 3 nitrogen and oxygen atoms in total. The molecule has 0 atom stereocenters. The molecule has 0 radical (unpaired) electrons. The predicted molar refractivity (Wildman–Crippen MR) is 76.0 cm³/mol. The number of para-hydroxylation sites is 1. The maximum absolute atomic E-state index is 12.2. The molecule has 0 unspecified atom stereocenters. The van der Waals surface area contributed by atoms with Crippen LogP contribution < -0.4 is 9.64 Å². The maximum Gasteiger partial charge on any atom is 0.573 e. The quantitative estimate of drug-likeness (QED) is 0.840. The van der Waals surface area contributed by atoms with Crippen LogP contribution in [0.15, 0.2) is 60.9 Å². The predicted octanol–water partition coefficient (Wildman–Crippen LogP) is 4.38. The van der Waals surface area contributed by atoms with Crippen molar-refractivity contribution in [3.63, 3.8) is 0 Å². The van der Waals surface area contributed by atoms with Crippen molar-refractivity contribution in [2.75, 3.05) is 11.6 Å². The minimum absolute atomic E-state index is 0.248. The molecule has 0 saturated carbocycles. The lowest BCUT2D eigenvalue weighted by Crippen LogP contribution is -2.18. The number of ether oxygens (including phenoxy) is 2. The van der Waals surface area contributed by atoms with Crippen molar-refractivity contribution in [3.8, 4) is 5.75 Å². The zero-order chi connectivity index (χ0) is 15.6. The SMILES string of the molecule is FC(F)(F)Oc1ccc(C2=COCN2c2ccccc2)cc1. The maximum atomic E-state index is 12.2. The highest BCUT2D eigenvalue weighted by Crippen LogP contribution is 2.31. The molecule has 1 aliphatic rings. The van der Waals surface area contributed by atoms with Crippen molar-refractivity contribution in [1.82, 2.24) is 0 Å². The van der Waals surface area contributed by atoms with Crippen molar-refractivity contribution < 1.29 is 22.6 Å². The van der Waals surface area contributed by atoms with Crippen LogP contribution in [0.4, 0.5) is 18.9 Å². The van der Waals surface area contributed by atoms with Crippen LogP contribution in [0.1, 0.15) is 5.56 Å². The molecule has 0 aliphatic carbocycles. The third kappa shape index (κ3) is 3.16. The molecule has 0 aromatic heterocycles. The van der Waals surface area contributed by atoms with Crippen LogP contribution in [0.2, 0.25) is 0 Å². The van der Waals surface area contributed by atoms with E-state index in [4.69, 9.17) is 4.74 Å². The molecule has 2 aromatic rings. The topological polar surface area (TPSA) is 21.7 Å². The van der Waals surface area contributed by atoms with Crippen molar-refractivity contribution in [2.45, 2.75) is 6.36 Å². The molecule has 0 amide bonds. The van der Waals surface area contributed by atoms with Gasteiger partial charge < -0.3 is 14.4 Å². The Kier molecular flexibility index (Phi) is 3.66. The number of anilines is 1. The van der Waals surface area contributed by atoms with Gasteiger partial charge in [-0.2, -0.15) is 0 Å². The molecule has 1 heterocycles. The molecule has 0 saturated heterocycles. The van der Waals surface area contributed by atoms with Gasteiger partial charge in [0.05, 0.1) is 5.70 Å². The molecular formula is C16H12F3NO2. The Bertz CT molecular complexity index is 666. The van der Waals surface area contributed by atoms with Gasteiger partial charge in [-0.15, -0.1) is 13.2 Å². The molecule has 0 N–H and O–H groups in total. The molecule has 0 fully saturated rings. The van der Waals surface area contributed by atoms with E-state index in [0.717, 1.165) is 16.9 Å². The van der Waals surface area contributed by atoms with Gasteiger partial charge >= 0.3 is 6.36 Å². The highest BCUT2D eigenvalue weighted by molar-refractivity contribution is 5.80. The monoisotopic (exact) mass is 307 g/mol. The number of hydrogen-bond acceptors (Lipinski definition) is 3. The lowest BCUT2D eigenvalue weighted by atomic mass is 10.1. The Balaban J connectivity index is 1.81. The van der Waals surface area contributed by atoms with Crippen LogP contribution in [0.5, 0.6) is 5.75 Å². The van der Waals surface area contributed by atoms with Crippen molar-refractivity contribution >= 4 is 11.4 Å². The van der Waals surface area contributed by atoms with Gasteiger partial charge in [0, 0.05) is 11.3 Å². The zero-order valence-electron chi connectivity index (χ0n) is 11.4. The lowest BCUT2D eigenvalue weighted by molar-refractivity contribution is -0.274. The number of benzene rings is 2. The second kappa shape index (κ2) is 5.63. The first-order valence-electron chi connectivity index (χ1n) is 6.53. The van der Waals surface area contributed by atoms with Crippen molar-refractivity contribution in [1.29, 1.82) is 0 Å². The summed E-state index contributed by atoms with van der Waals surface area (Å²) in [5.74, 6) is -0.248. The van der Waals surface area contributed by atoms with Crippen LogP contribution in [-0.2, 0) is 4.74 Å². The highest BCUT2D eigenvalue weighted by atomic mass is 19.4. The average molecular weight is 307 g/mol. The first kappa shape index (κ1) is 14.3. The van der Waals surface area contributed by atoms with Gasteiger partial charge in [0.15, 0.2) is 6.73 Å². The van der Waals surface area contributed by atoms with Gasteiger partial charge in [-0.25, -0.2) is 0 Å². The van der Waals surface area contributed by atoms with E-state index in [-0.39, 0.29) is 5.75 Å². The first-order chi connectivity index (χ1) is 10.5. The number of nitrogens with zero attached hydrogens (tertiary/aromatic N) is 1. The minimum atomic E-state index is -4.69. The Morgan fingerprint density at radius 2 is 1.64 bits per heavy atom. The molecule has 6 heteroatoms. The summed E-state index contributed by atoms with van der Waals surface area (Å²) in [6.45, 7) is 0.361. The van der Waals surface area contributed by atoms with E-state index in [1.807, 2.05) is 35.2 Å². The van der Waals surface area contributed by atoms with Crippen LogP contribution in [0.25, 0.3) is 5.70 Å². The first-order valence-corrected chi connectivity index (χ1v) is 6.53. The fourth-order valence-corrected chi connectivity index (χ4v) is 2.20. The summed E-state index contributed by atoms with van der Waals surface area (Å²) in [5.41, 5.74) is 2.47. The summed E-state index contributed by atoms with van der Waals surface area (Å²) in [6, 6.07) is 15.3. The van der Waals surface area contributed by atoms with Gasteiger partial charge in [-0.05, 0) is 36.4 Å². The molecule has 22 heavy (non-hydrogen) atoms. The largest absolute Gasteiger partial charge is 0.573 e. The van der Waals surface area contributed by atoms with E-state index in [1.54, 1.807) is 18.4 Å². The second-order valence-electron chi connectivity index (χ2n) is 4.63. The van der Waals surface area contributed by atoms with E-state index in [1.165, 1.54) is 12.1 Å². The van der Waals surface area contributed by atoms with Crippen molar-refractivity contribution in [2.24, 2.45) is 0 Å². The van der Waals surface area contributed by atoms with Crippen LogP contribution in [0, 0.1) is 0 Å². The Labute approximate surface area is 125 Å². The Morgan fingerprint density at radius 3 is 2.27 bits per heavy atom. The van der Waals surface area contributed by atoms with Gasteiger partial charge in [-0.1, -0.05) is 18.2 Å². The summed E-state index contributed by atoms with van der Waals surface area (Å²) in [6.07, 6.45) is -3.10.